The SMILES string of the molecule is Cc1sc2ncnc(NC3(CCl)CCOCC3)c2c1C. The van der Waals surface area contributed by atoms with E-state index in [-0.39, 0.29) is 5.54 Å². The zero-order chi connectivity index (χ0) is 14.2. The molecule has 0 saturated carbocycles. The third-order valence-electron chi connectivity index (χ3n) is 4.05. The Hall–Kier alpha value is -0.910. The molecule has 2 aromatic heterocycles. The molecule has 0 bridgehead atoms. The fraction of sp³-hybridized carbons (Fsp3) is 0.571. The number of thiophene rings is 1. The summed E-state index contributed by atoms with van der Waals surface area (Å²) in [7, 11) is 0. The van der Waals surface area contributed by atoms with Gasteiger partial charge in [0, 0.05) is 24.0 Å². The standard InChI is InChI=1S/C14H18ClN3OS/c1-9-10(2)20-13-11(9)12(16-8-17-13)18-14(7-15)3-5-19-6-4-14/h8H,3-7H2,1-2H3,(H,16,17,18). The number of nitrogens with zero attached hydrogens (tertiary/aromatic N) is 2. The fourth-order valence-corrected chi connectivity index (χ4v) is 3.91. The van der Waals surface area contributed by atoms with Gasteiger partial charge in [0.2, 0.25) is 0 Å². The Morgan fingerprint density at radius 3 is 2.80 bits per heavy atom. The second-order valence-electron chi connectivity index (χ2n) is 5.34. The molecule has 2 aromatic rings. The van der Waals surface area contributed by atoms with Gasteiger partial charge in [-0.3, -0.25) is 0 Å². The molecule has 108 valence electrons. The molecule has 0 atom stereocenters. The molecule has 3 rings (SSSR count). The third kappa shape index (κ3) is 2.38. The number of nitrogens with one attached hydrogen (secondary N) is 1. The first kappa shape index (κ1) is 14.0. The van der Waals surface area contributed by atoms with Gasteiger partial charge in [0.15, 0.2) is 0 Å². The van der Waals surface area contributed by atoms with Crippen LogP contribution in [-0.4, -0.2) is 34.6 Å². The molecule has 0 spiro atoms. The van der Waals surface area contributed by atoms with Crippen LogP contribution in [0.4, 0.5) is 5.82 Å². The number of hydrogen-bond donors (Lipinski definition) is 1. The molecule has 0 aliphatic carbocycles. The lowest BCUT2D eigenvalue weighted by Crippen LogP contribution is -2.45. The molecule has 1 fully saturated rings. The number of ether oxygens (including phenoxy) is 1. The largest absolute Gasteiger partial charge is 0.381 e. The lowest BCUT2D eigenvalue weighted by atomic mass is 9.92. The van der Waals surface area contributed by atoms with Crippen molar-refractivity contribution < 1.29 is 4.74 Å². The van der Waals surface area contributed by atoms with Gasteiger partial charge in [-0.1, -0.05) is 0 Å². The van der Waals surface area contributed by atoms with Crippen LogP contribution in [0.25, 0.3) is 10.2 Å². The van der Waals surface area contributed by atoms with Gasteiger partial charge in [-0.05, 0) is 32.3 Å². The second-order valence-corrected chi connectivity index (χ2v) is 6.81. The van der Waals surface area contributed by atoms with Crippen LogP contribution in [-0.2, 0) is 4.74 Å². The molecule has 20 heavy (non-hydrogen) atoms. The monoisotopic (exact) mass is 311 g/mol. The van der Waals surface area contributed by atoms with Crippen LogP contribution in [0.15, 0.2) is 6.33 Å². The number of hydrogen-bond acceptors (Lipinski definition) is 5. The molecule has 6 heteroatoms. The van der Waals surface area contributed by atoms with Gasteiger partial charge in [-0.15, -0.1) is 22.9 Å². The minimum absolute atomic E-state index is 0.122. The molecule has 0 radical (unpaired) electrons. The molecule has 0 unspecified atom stereocenters. The first-order valence-corrected chi connectivity index (χ1v) is 8.13. The zero-order valence-corrected chi connectivity index (χ0v) is 13.3. The third-order valence-corrected chi connectivity index (χ3v) is 5.68. The van der Waals surface area contributed by atoms with Crippen molar-refractivity contribution in [3.8, 4) is 0 Å². The summed E-state index contributed by atoms with van der Waals surface area (Å²) < 4.78 is 5.45. The van der Waals surface area contributed by atoms with E-state index in [0.717, 1.165) is 42.1 Å². The van der Waals surface area contributed by atoms with E-state index in [1.807, 2.05) is 0 Å². The second kappa shape index (κ2) is 5.47. The molecular weight excluding hydrogens is 294 g/mol. The van der Waals surface area contributed by atoms with Crippen LogP contribution >= 0.6 is 22.9 Å². The van der Waals surface area contributed by atoms with Gasteiger partial charge in [-0.25, -0.2) is 9.97 Å². The minimum atomic E-state index is -0.122. The van der Waals surface area contributed by atoms with Crippen molar-refractivity contribution in [3.63, 3.8) is 0 Å². The van der Waals surface area contributed by atoms with E-state index in [2.05, 4.69) is 29.1 Å². The lowest BCUT2D eigenvalue weighted by Gasteiger charge is -2.36. The highest BCUT2D eigenvalue weighted by atomic mass is 35.5. The number of fused-ring (bicyclic) bond motifs is 1. The van der Waals surface area contributed by atoms with Gasteiger partial charge in [0.1, 0.15) is 17.0 Å². The number of aromatic nitrogens is 2. The van der Waals surface area contributed by atoms with E-state index in [0.29, 0.717) is 5.88 Å². The zero-order valence-electron chi connectivity index (χ0n) is 11.7. The van der Waals surface area contributed by atoms with Gasteiger partial charge < -0.3 is 10.1 Å². The molecule has 4 nitrogen and oxygen atoms in total. The Bertz CT molecular complexity index is 622. The summed E-state index contributed by atoms with van der Waals surface area (Å²) in [5.74, 6) is 1.46. The number of rotatable bonds is 3. The Labute approximate surface area is 127 Å². The number of aryl methyl sites for hydroxylation is 2. The molecule has 1 N–H and O–H groups in total. The van der Waals surface area contributed by atoms with Crippen molar-refractivity contribution in [3.05, 3.63) is 16.8 Å². The molecule has 3 heterocycles. The summed E-state index contributed by atoms with van der Waals surface area (Å²) >= 11 is 7.94. The van der Waals surface area contributed by atoms with E-state index in [1.165, 1.54) is 10.4 Å². The molecule has 1 aliphatic rings. The average Bonchev–Trinajstić information content (AvgIpc) is 2.76. The maximum Gasteiger partial charge on any atom is 0.138 e. The number of halogens is 1. The Balaban J connectivity index is 2.01. The molecule has 0 amide bonds. The van der Waals surface area contributed by atoms with Crippen LogP contribution < -0.4 is 5.32 Å². The fourth-order valence-electron chi connectivity index (χ4n) is 2.58. The maximum atomic E-state index is 6.22. The molecule has 0 aromatic carbocycles. The predicted octanol–water partition coefficient (Wildman–Crippen LogP) is 3.51. The lowest BCUT2D eigenvalue weighted by molar-refractivity contribution is 0.0667. The summed E-state index contributed by atoms with van der Waals surface area (Å²) in [6.07, 6.45) is 3.44. The number of anilines is 1. The van der Waals surface area contributed by atoms with Crippen molar-refractivity contribution in [2.75, 3.05) is 24.4 Å². The molecule has 1 saturated heterocycles. The van der Waals surface area contributed by atoms with E-state index >= 15 is 0 Å². The van der Waals surface area contributed by atoms with Crippen LogP contribution in [0.5, 0.6) is 0 Å². The van der Waals surface area contributed by atoms with E-state index in [9.17, 15) is 0 Å². The highest BCUT2D eigenvalue weighted by molar-refractivity contribution is 7.18. The van der Waals surface area contributed by atoms with Gasteiger partial charge in [0.05, 0.1) is 10.9 Å². The first-order valence-electron chi connectivity index (χ1n) is 6.78. The maximum absolute atomic E-state index is 6.22. The van der Waals surface area contributed by atoms with Crippen molar-refractivity contribution >= 4 is 39.0 Å². The highest BCUT2D eigenvalue weighted by Crippen LogP contribution is 2.35. The van der Waals surface area contributed by atoms with Crippen LogP contribution in [0.3, 0.4) is 0 Å². The Kier molecular flexibility index (Phi) is 3.84. The van der Waals surface area contributed by atoms with E-state index in [1.54, 1.807) is 17.7 Å². The summed E-state index contributed by atoms with van der Waals surface area (Å²) in [5.41, 5.74) is 1.13. The Morgan fingerprint density at radius 1 is 1.35 bits per heavy atom. The highest BCUT2D eigenvalue weighted by Gasteiger charge is 2.32. The van der Waals surface area contributed by atoms with Gasteiger partial charge in [0.25, 0.3) is 0 Å². The average molecular weight is 312 g/mol. The molecule has 1 aliphatic heterocycles. The van der Waals surface area contributed by atoms with Gasteiger partial charge in [-0.2, -0.15) is 0 Å². The van der Waals surface area contributed by atoms with Crippen LogP contribution in [0.1, 0.15) is 23.3 Å². The summed E-state index contributed by atoms with van der Waals surface area (Å²) in [5, 5.41) is 4.72. The predicted molar refractivity (Wildman–Crippen MR) is 84.0 cm³/mol. The van der Waals surface area contributed by atoms with Crippen molar-refractivity contribution in [1.29, 1.82) is 0 Å². The smallest absolute Gasteiger partial charge is 0.138 e. The first-order chi connectivity index (χ1) is 9.65. The normalized spacial score (nSPS) is 18.4. The summed E-state index contributed by atoms with van der Waals surface area (Å²) in [6, 6.07) is 0. The van der Waals surface area contributed by atoms with E-state index < -0.39 is 0 Å². The number of alkyl halides is 1. The Morgan fingerprint density at radius 2 is 2.10 bits per heavy atom. The quantitative estimate of drug-likeness (QED) is 0.881. The summed E-state index contributed by atoms with van der Waals surface area (Å²) in [4.78, 5) is 11.2. The van der Waals surface area contributed by atoms with Crippen molar-refractivity contribution in [1.82, 2.24) is 9.97 Å². The summed E-state index contributed by atoms with van der Waals surface area (Å²) in [6.45, 7) is 5.74. The molecular formula is C14H18ClN3OS. The van der Waals surface area contributed by atoms with Crippen molar-refractivity contribution in [2.45, 2.75) is 32.2 Å². The van der Waals surface area contributed by atoms with Gasteiger partial charge >= 0.3 is 0 Å². The topological polar surface area (TPSA) is 47.0 Å². The van der Waals surface area contributed by atoms with Crippen LogP contribution in [0, 0.1) is 13.8 Å². The van der Waals surface area contributed by atoms with Crippen LogP contribution in [0.2, 0.25) is 0 Å². The van der Waals surface area contributed by atoms with E-state index in [4.69, 9.17) is 16.3 Å². The van der Waals surface area contributed by atoms with Crippen molar-refractivity contribution in [2.24, 2.45) is 0 Å². The minimum Gasteiger partial charge on any atom is -0.381 e.